The van der Waals surface area contributed by atoms with Crippen molar-refractivity contribution in [3.05, 3.63) is 71.8 Å². The molecule has 1 saturated heterocycles. The largest absolute Gasteiger partial charge is 0.366 e. The molecule has 5 nitrogen and oxygen atoms in total. The quantitative estimate of drug-likeness (QED) is 0.811. The molecule has 1 amide bonds. The van der Waals surface area contributed by atoms with E-state index in [1.807, 2.05) is 36.4 Å². The highest BCUT2D eigenvalue weighted by Crippen LogP contribution is 2.11. The van der Waals surface area contributed by atoms with Crippen LogP contribution in [0.2, 0.25) is 0 Å². The van der Waals surface area contributed by atoms with Crippen LogP contribution >= 0.6 is 0 Å². The topological polar surface area (TPSA) is 58.6 Å². The van der Waals surface area contributed by atoms with E-state index >= 15 is 0 Å². The summed E-state index contributed by atoms with van der Waals surface area (Å²) < 4.78 is 5.63. The van der Waals surface area contributed by atoms with E-state index in [-0.39, 0.29) is 11.7 Å². The number of carbonyl (C=O) groups is 2. The van der Waals surface area contributed by atoms with Gasteiger partial charge in [0.05, 0.1) is 12.6 Å². The first-order valence-electron chi connectivity index (χ1n) is 8.91. The summed E-state index contributed by atoms with van der Waals surface area (Å²) in [5, 5.41) is 2.79. The molecule has 1 N–H and O–H groups in total. The minimum atomic E-state index is -0.585. The lowest BCUT2D eigenvalue weighted by Gasteiger charge is -2.32. The van der Waals surface area contributed by atoms with E-state index in [4.69, 9.17) is 4.74 Å². The molecule has 2 atom stereocenters. The van der Waals surface area contributed by atoms with E-state index in [0.717, 1.165) is 13.1 Å². The van der Waals surface area contributed by atoms with Crippen LogP contribution < -0.4 is 5.32 Å². The van der Waals surface area contributed by atoms with E-state index in [1.165, 1.54) is 5.56 Å². The Kier molecular flexibility index (Phi) is 6.15. The molecular formula is C21H24N2O3. The van der Waals surface area contributed by atoms with Gasteiger partial charge in [-0.3, -0.25) is 14.5 Å². The van der Waals surface area contributed by atoms with Gasteiger partial charge in [-0.2, -0.15) is 0 Å². The summed E-state index contributed by atoms with van der Waals surface area (Å²) in [5.41, 5.74) is 1.80. The van der Waals surface area contributed by atoms with Crippen LogP contribution in [0.25, 0.3) is 0 Å². The van der Waals surface area contributed by atoms with Crippen molar-refractivity contribution in [1.82, 2.24) is 10.2 Å². The maximum atomic E-state index is 12.5. The first kappa shape index (κ1) is 18.3. The van der Waals surface area contributed by atoms with Crippen LogP contribution in [0.3, 0.4) is 0 Å². The van der Waals surface area contributed by atoms with Crippen molar-refractivity contribution in [3.63, 3.8) is 0 Å². The van der Waals surface area contributed by atoms with Gasteiger partial charge in [-0.25, -0.2) is 0 Å². The molecule has 0 aliphatic carbocycles. The molecule has 0 saturated carbocycles. The van der Waals surface area contributed by atoms with Crippen LogP contribution in [0, 0.1) is 0 Å². The van der Waals surface area contributed by atoms with Gasteiger partial charge in [0.2, 0.25) is 0 Å². The number of Topliss-reactive ketones (excluding diaryl/α,β-unsaturated/α-hetero) is 1. The van der Waals surface area contributed by atoms with Crippen molar-refractivity contribution < 1.29 is 14.3 Å². The SMILES string of the molecule is CC(NC(=O)C1CN(Cc2ccccc2)CCO1)C(=O)c1ccccc1. The second-order valence-corrected chi connectivity index (χ2v) is 6.54. The van der Waals surface area contributed by atoms with Crippen molar-refractivity contribution in [3.8, 4) is 0 Å². The smallest absolute Gasteiger partial charge is 0.251 e. The summed E-state index contributed by atoms with van der Waals surface area (Å²) in [7, 11) is 0. The van der Waals surface area contributed by atoms with E-state index < -0.39 is 12.1 Å². The molecule has 0 radical (unpaired) electrons. The van der Waals surface area contributed by atoms with Gasteiger partial charge in [0.25, 0.3) is 5.91 Å². The number of ether oxygens (including phenoxy) is 1. The zero-order chi connectivity index (χ0) is 18.4. The highest BCUT2D eigenvalue weighted by Gasteiger charge is 2.28. The van der Waals surface area contributed by atoms with Crippen LogP contribution in [-0.4, -0.2) is 48.4 Å². The lowest BCUT2D eigenvalue weighted by atomic mass is 10.1. The summed E-state index contributed by atoms with van der Waals surface area (Å²) >= 11 is 0. The molecule has 1 fully saturated rings. The third-order valence-corrected chi connectivity index (χ3v) is 4.50. The zero-order valence-corrected chi connectivity index (χ0v) is 14.9. The Bertz CT molecular complexity index is 733. The number of hydrogen-bond acceptors (Lipinski definition) is 4. The van der Waals surface area contributed by atoms with E-state index in [1.54, 1.807) is 19.1 Å². The molecule has 1 aliphatic rings. The maximum absolute atomic E-state index is 12.5. The fourth-order valence-electron chi connectivity index (χ4n) is 3.07. The number of nitrogens with zero attached hydrogens (tertiary/aromatic N) is 1. The van der Waals surface area contributed by atoms with Gasteiger partial charge in [0.1, 0.15) is 6.10 Å². The van der Waals surface area contributed by atoms with Crippen molar-refractivity contribution in [2.75, 3.05) is 19.7 Å². The molecule has 3 rings (SSSR count). The molecule has 136 valence electrons. The van der Waals surface area contributed by atoms with Gasteiger partial charge < -0.3 is 10.1 Å². The Labute approximate surface area is 154 Å². The average molecular weight is 352 g/mol. The number of amides is 1. The number of hydrogen-bond donors (Lipinski definition) is 1. The molecule has 0 spiro atoms. The molecule has 1 aliphatic heterocycles. The fourth-order valence-corrected chi connectivity index (χ4v) is 3.07. The number of morpholine rings is 1. The second-order valence-electron chi connectivity index (χ2n) is 6.54. The molecule has 0 aromatic heterocycles. The standard InChI is InChI=1S/C21H24N2O3/c1-16(20(24)18-10-6-3-7-11-18)22-21(25)19-15-23(12-13-26-19)14-17-8-4-2-5-9-17/h2-11,16,19H,12-15H2,1H3,(H,22,25). The van der Waals surface area contributed by atoms with E-state index in [2.05, 4.69) is 22.3 Å². The van der Waals surface area contributed by atoms with Crippen molar-refractivity contribution in [2.24, 2.45) is 0 Å². The van der Waals surface area contributed by atoms with E-state index in [9.17, 15) is 9.59 Å². The van der Waals surface area contributed by atoms with Crippen molar-refractivity contribution >= 4 is 11.7 Å². The zero-order valence-electron chi connectivity index (χ0n) is 14.9. The summed E-state index contributed by atoms with van der Waals surface area (Å²) in [4.78, 5) is 27.1. The van der Waals surface area contributed by atoms with Gasteiger partial charge in [-0.05, 0) is 12.5 Å². The monoisotopic (exact) mass is 352 g/mol. The van der Waals surface area contributed by atoms with Crippen molar-refractivity contribution in [1.29, 1.82) is 0 Å². The maximum Gasteiger partial charge on any atom is 0.251 e. The molecule has 1 heterocycles. The van der Waals surface area contributed by atoms with Crippen LogP contribution in [0.15, 0.2) is 60.7 Å². The number of ketones is 1. The molecule has 2 aromatic rings. The highest BCUT2D eigenvalue weighted by atomic mass is 16.5. The number of benzene rings is 2. The Balaban J connectivity index is 1.54. The minimum absolute atomic E-state index is 0.101. The molecule has 26 heavy (non-hydrogen) atoms. The van der Waals surface area contributed by atoms with Crippen molar-refractivity contribution in [2.45, 2.75) is 25.6 Å². The third kappa shape index (κ3) is 4.77. The number of carbonyl (C=O) groups excluding carboxylic acids is 2. The Morgan fingerprint density at radius 3 is 2.46 bits per heavy atom. The number of nitrogens with one attached hydrogen (secondary N) is 1. The van der Waals surface area contributed by atoms with Crippen LogP contribution in [0.5, 0.6) is 0 Å². The molecule has 2 unspecified atom stereocenters. The van der Waals surface area contributed by atoms with Gasteiger partial charge in [-0.15, -0.1) is 0 Å². The predicted octanol–water partition coefficient (Wildman–Crippen LogP) is 2.27. The third-order valence-electron chi connectivity index (χ3n) is 4.50. The summed E-state index contributed by atoms with van der Waals surface area (Å²) in [6, 6.07) is 18.6. The average Bonchev–Trinajstić information content (AvgIpc) is 2.69. The van der Waals surface area contributed by atoms with Gasteiger partial charge in [0.15, 0.2) is 5.78 Å². The Morgan fingerprint density at radius 2 is 1.77 bits per heavy atom. The fraction of sp³-hybridized carbons (Fsp3) is 0.333. The molecule has 0 bridgehead atoms. The predicted molar refractivity (Wildman–Crippen MR) is 99.8 cm³/mol. The van der Waals surface area contributed by atoms with Gasteiger partial charge in [-0.1, -0.05) is 60.7 Å². The lowest BCUT2D eigenvalue weighted by molar-refractivity contribution is -0.139. The first-order chi connectivity index (χ1) is 12.6. The molecule has 2 aromatic carbocycles. The highest BCUT2D eigenvalue weighted by molar-refractivity contribution is 6.01. The van der Waals surface area contributed by atoms with E-state index in [0.29, 0.717) is 18.7 Å². The molecule has 5 heteroatoms. The minimum Gasteiger partial charge on any atom is -0.366 e. The summed E-state index contributed by atoms with van der Waals surface area (Å²) in [5.74, 6) is -0.338. The van der Waals surface area contributed by atoms with Crippen LogP contribution in [0.1, 0.15) is 22.8 Å². The normalized spacial score (nSPS) is 18.9. The Hall–Kier alpha value is -2.50. The summed E-state index contributed by atoms with van der Waals surface area (Å²) in [6.07, 6.45) is -0.557. The molecular weight excluding hydrogens is 328 g/mol. The van der Waals surface area contributed by atoms with Gasteiger partial charge >= 0.3 is 0 Å². The van der Waals surface area contributed by atoms with Crippen LogP contribution in [0.4, 0.5) is 0 Å². The number of rotatable bonds is 6. The lowest BCUT2D eigenvalue weighted by Crippen LogP contribution is -2.52. The van der Waals surface area contributed by atoms with Gasteiger partial charge in [0, 0.05) is 25.2 Å². The Morgan fingerprint density at radius 1 is 1.12 bits per heavy atom. The summed E-state index contributed by atoms with van der Waals surface area (Å²) in [6.45, 7) is 4.31. The second kappa shape index (κ2) is 8.74. The first-order valence-corrected chi connectivity index (χ1v) is 8.91. The van der Waals surface area contributed by atoms with Crippen LogP contribution in [-0.2, 0) is 16.1 Å².